The molecule has 1 saturated heterocycles. The van der Waals surface area contributed by atoms with E-state index in [0.717, 1.165) is 18.6 Å². The van der Waals surface area contributed by atoms with Gasteiger partial charge in [0, 0.05) is 18.4 Å². The molecule has 82 valence electrons. The first-order valence-electron chi connectivity index (χ1n) is 4.85. The van der Waals surface area contributed by atoms with Crippen LogP contribution in [-0.4, -0.2) is 12.5 Å². The highest BCUT2D eigenvalue weighted by molar-refractivity contribution is 6.42. The number of hydrogen-bond donors (Lipinski definition) is 0. The quantitative estimate of drug-likeness (QED) is 0.724. The molecular weight excluding hydrogens is 254 g/mol. The topological polar surface area (TPSA) is 9.23 Å². The summed E-state index contributed by atoms with van der Waals surface area (Å²) >= 11 is 17.7. The van der Waals surface area contributed by atoms with Gasteiger partial charge in [-0.3, -0.25) is 0 Å². The third-order valence-corrected chi connectivity index (χ3v) is 3.82. The van der Waals surface area contributed by atoms with E-state index in [1.54, 1.807) is 6.07 Å². The zero-order valence-corrected chi connectivity index (χ0v) is 10.3. The smallest absolute Gasteiger partial charge is 0.0865 e. The molecule has 2 rings (SSSR count). The summed E-state index contributed by atoms with van der Waals surface area (Å²) in [7, 11) is 0. The van der Waals surface area contributed by atoms with Crippen molar-refractivity contribution in [3.63, 3.8) is 0 Å². The van der Waals surface area contributed by atoms with Crippen molar-refractivity contribution >= 4 is 34.8 Å². The standard InChI is InChI=1S/C11H11Cl3O/c12-6-8-3-4-15-11(8)7-1-2-9(13)10(14)5-7/h1-2,5,8,11H,3-4,6H2. The van der Waals surface area contributed by atoms with E-state index in [2.05, 4.69) is 0 Å². The summed E-state index contributed by atoms with van der Waals surface area (Å²) in [6.45, 7) is 0.766. The van der Waals surface area contributed by atoms with E-state index in [9.17, 15) is 0 Å². The van der Waals surface area contributed by atoms with Crippen molar-refractivity contribution in [2.24, 2.45) is 5.92 Å². The van der Waals surface area contributed by atoms with Gasteiger partial charge in [-0.05, 0) is 24.1 Å². The second kappa shape index (κ2) is 4.92. The summed E-state index contributed by atoms with van der Waals surface area (Å²) in [6.07, 6.45) is 1.08. The summed E-state index contributed by atoms with van der Waals surface area (Å²) in [6, 6.07) is 5.61. The van der Waals surface area contributed by atoms with Gasteiger partial charge >= 0.3 is 0 Å². The number of hydrogen-bond acceptors (Lipinski definition) is 1. The zero-order chi connectivity index (χ0) is 10.8. The minimum atomic E-state index is 0.0669. The molecule has 0 N–H and O–H groups in total. The van der Waals surface area contributed by atoms with Crippen LogP contribution in [0.25, 0.3) is 0 Å². The molecule has 0 aliphatic carbocycles. The summed E-state index contributed by atoms with van der Waals surface area (Å²) in [4.78, 5) is 0. The Hall–Kier alpha value is 0.0500. The minimum absolute atomic E-state index is 0.0669. The maximum Gasteiger partial charge on any atom is 0.0865 e. The molecule has 0 aromatic heterocycles. The molecule has 0 saturated carbocycles. The SMILES string of the molecule is ClCC1CCOC1c1ccc(Cl)c(Cl)c1. The van der Waals surface area contributed by atoms with Crippen molar-refractivity contribution in [3.05, 3.63) is 33.8 Å². The van der Waals surface area contributed by atoms with E-state index in [0.29, 0.717) is 21.8 Å². The van der Waals surface area contributed by atoms with Gasteiger partial charge in [-0.1, -0.05) is 29.3 Å². The molecule has 4 heteroatoms. The lowest BCUT2D eigenvalue weighted by Crippen LogP contribution is -2.08. The average molecular weight is 266 g/mol. The van der Waals surface area contributed by atoms with Crippen molar-refractivity contribution in [3.8, 4) is 0 Å². The molecule has 2 atom stereocenters. The maximum absolute atomic E-state index is 5.96. The minimum Gasteiger partial charge on any atom is -0.373 e. The predicted molar refractivity (Wildman–Crippen MR) is 64.0 cm³/mol. The van der Waals surface area contributed by atoms with Crippen molar-refractivity contribution in [1.82, 2.24) is 0 Å². The van der Waals surface area contributed by atoms with Gasteiger partial charge in [-0.2, -0.15) is 0 Å². The van der Waals surface area contributed by atoms with Crippen LogP contribution in [0.2, 0.25) is 10.0 Å². The van der Waals surface area contributed by atoms with E-state index in [-0.39, 0.29) is 6.10 Å². The molecule has 1 aromatic carbocycles. The molecule has 1 fully saturated rings. The number of halogens is 3. The van der Waals surface area contributed by atoms with Gasteiger partial charge in [-0.25, -0.2) is 0 Å². The Kier molecular flexibility index (Phi) is 3.78. The lowest BCUT2D eigenvalue weighted by Gasteiger charge is -2.16. The Balaban J connectivity index is 2.25. The molecule has 15 heavy (non-hydrogen) atoms. The van der Waals surface area contributed by atoms with Crippen molar-refractivity contribution in [2.75, 3.05) is 12.5 Å². The molecule has 1 heterocycles. The van der Waals surface area contributed by atoms with Crippen molar-refractivity contribution < 1.29 is 4.74 Å². The van der Waals surface area contributed by atoms with E-state index in [4.69, 9.17) is 39.5 Å². The van der Waals surface area contributed by atoms with Crippen LogP contribution in [0, 0.1) is 5.92 Å². The lowest BCUT2D eigenvalue weighted by molar-refractivity contribution is 0.0952. The van der Waals surface area contributed by atoms with Crippen LogP contribution < -0.4 is 0 Å². The van der Waals surface area contributed by atoms with Gasteiger partial charge in [0.25, 0.3) is 0 Å². The Morgan fingerprint density at radius 3 is 2.73 bits per heavy atom. The van der Waals surface area contributed by atoms with Crippen LogP contribution in [0.4, 0.5) is 0 Å². The summed E-state index contributed by atoms with van der Waals surface area (Å²) < 4.78 is 5.65. The Morgan fingerprint density at radius 1 is 1.27 bits per heavy atom. The highest BCUT2D eigenvalue weighted by Crippen LogP contribution is 2.37. The molecule has 0 radical (unpaired) electrons. The second-order valence-electron chi connectivity index (χ2n) is 3.67. The maximum atomic E-state index is 5.96. The molecule has 0 amide bonds. The van der Waals surface area contributed by atoms with Crippen LogP contribution in [0.3, 0.4) is 0 Å². The molecule has 1 nitrogen and oxygen atoms in total. The van der Waals surface area contributed by atoms with Crippen molar-refractivity contribution in [2.45, 2.75) is 12.5 Å². The first-order chi connectivity index (χ1) is 7.22. The van der Waals surface area contributed by atoms with Crippen LogP contribution >= 0.6 is 34.8 Å². The fraction of sp³-hybridized carbons (Fsp3) is 0.455. The summed E-state index contributed by atoms with van der Waals surface area (Å²) in [5.74, 6) is 0.995. The molecule has 1 aromatic rings. The highest BCUT2D eigenvalue weighted by Gasteiger charge is 2.29. The molecule has 2 unspecified atom stereocenters. The number of ether oxygens (including phenoxy) is 1. The predicted octanol–water partition coefficient (Wildman–Crippen LogP) is 4.31. The first-order valence-corrected chi connectivity index (χ1v) is 6.14. The average Bonchev–Trinajstić information content (AvgIpc) is 2.70. The molecule has 0 bridgehead atoms. The van der Waals surface area contributed by atoms with Gasteiger partial charge in [0.15, 0.2) is 0 Å². The highest BCUT2D eigenvalue weighted by atomic mass is 35.5. The van der Waals surface area contributed by atoms with Crippen LogP contribution in [0.1, 0.15) is 18.1 Å². The Labute approximate surface area is 104 Å². The number of rotatable bonds is 2. The van der Waals surface area contributed by atoms with Gasteiger partial charge in [0.05, 0.1) is 16.1 Å². The van der Waals surface area contributed by atoms with Gasteiger partial charge in [0.1, 0.15) is 0 Å². The third kappa shape index (κ3) is 2.42. The fourth-order valence-corrected chi connectivity index (χ4v) is 2.47. The lowest BCUT2D eigenvalue weighted by atomic mass is 9.97. The van der Waals surface area contributed by atoms with E-state index in [1.807, 2.05) is 12.1 Å². The Morgan fingerprint density at radius 2 is 2.07 bits per heavy atom. The molecular formula is C11H11Cl3O. The Bertz CT molecular complexity index is 354. The summed E-state index contributed by atoms with van der Waals surface area (Å²) in [5, 5.41) is 1.14. The molecule has 1 aliphatic rings. The van der Waals surface area contributed by atoms with Gasteiger partial charge in [0.2, 0.25) is 0 Å². The largest absolute Gasteiger partial charge is 0.373 e. The summed E-state index contributed by atoms with van der Waals surface area (Å²) in [5.41, 5.74) is 1.06. The normalized spacial score (nSPS) is 25.8. The third-order valence-electron chi connectivity index (χ3n) is 2.68. The zero-order valence-electron chi connectivity index (χ0n) is 8.05. The van der Waals surface area contributed by atoms with Crippen molar-refractivity contribution in [1.29, 1.82) is 0 Å². The first kappa shape index (κ1) is 11.5. The van der Waals surface area contributed by atoms with Gasteiger partial charge < -0.3 is 4.74 Å². The van der Waals surface area contributed by atoms with Gasteiger partial charge in [-0.15, -0.1) is 11.6 Å². The van der Waals surface area contributed by atoms with E-state index < -0.39 is 0 Å². The monoisotopic (exact) mass is 264 g/mol. The van der Waals surface area contributed by atoms with Crippen LogP contribution in [0.5, 0.6) is 0 Å². The van der Waals surface area contributed by atoms with Crippen LogP contribution in [-0.2, 0) is 4.74 Å². The number of benzene rings is 1. The second-order valence-corrected chi connectivity index (χ2v) is 4.79. The van der Waals surface area contributed by atoms with E-state index >= 15 is 0 Å². The molecule has 0 spiro atoms. The van der Waals surface area contributed by atoms with Crippen LogP contribution in [0.15, 0.2) is 18.2 Å². The molecule has 1 aliphatic heterocycles. The fourth-order valence-electron chi connectivity index (χ4n) is 1.85. The van der Waals surface area contributed by atoms with E-state index in [1.165, 1.54) is 0 Å². The number of alkyl halides is 1.